The molecule has 0 aromatic rings. The highest BCUT2D eigenvalue weighted by atomic mass is 14.7. The van der Waals surface area contributed by atoms with Crippen molar-refractivity contribution in [1.29, 1.82) is 0 Å². The first-order chi connectivity index (χ1) is 5.16. The van der Waals surface area contributed by atoms with Crippen molar-refractivity contribution in [3.8, 4) is 0 Å². The lowest BCUT2D eigenvalue weighted by molar-refractivity contribution is 0.134. The molecule has 0 heterocycles. The highest BCUT2D eigenvalue weighted by Crippen LogP contribution is 2.36. The fourth-order valence-corrected chi connectivity index (χ4v) is 2.00. The summed E-state index contributed by atoms with van der Waals surface area (Å²) in [6, 6.07) is 0.513. The topological polar surface area (TPSA) is 26.0 Å². The van der Waals surface area contributed by atoms with E-state index in [1.807, 2.05) is 0 Å². The van der Waals surface area contributed by atoms with Gasteiger partial charge in [-0.05, 0) is 30.6 Å². The second-order valence-electron chi connectivity index (χ2n) is 4.15. The van der Waals surface area contributed by atoms with Crippen LogP contribution >= 0.6 is 0 Å². The molecule has 4 unspecified atom stereocenters. The van der Waals surface area contributed by atoms with Crippen LogP contribution in [0.4, 0.5) is 0 Å². The minimum Gasteiger partial charge on any atom is -0.327 e. The molecule has 0 aromatic carbocycles. The molecule has 1 saturated carbocycles. The van der Waals surface area contributed by atoms with Crippen LogP contribution in [-0.4, -0.2) is 6.04 Å². The molecule has 1 fully saturated rings. The van der Waals surface area contributed by atoms with E-state index in [0.717, 1.165) is 17.8 Å². The zero-order valence-electron chi connectivity index (χ0n) is 8.01. The third-order valence-electron chi connectivity index (χ3n) is 3.60. The smallest absolute Gasteiger partial charge is 0.00699 e. The molecule has 0 bridgehead atoms. The molecule has 1 nitrogen and oxygen atoms in total. The summed E-state index contributed by atoms with van der Waals surface area (Å²) in [5.41, 5.74) is 5.92. The van der Waals surface area contributed by atoms with E-state index in [1.54, 1.807) is 0 Å². The lowest BCUT2D eigenvalue weighted by Gasteiger charge is -2.40. The Bertz CT molecular complexity index is 122. The van der Waals surface area contributed by atoms with Gasteiger partial charge in [0.25, 0.3) is 0 Å². The first-order valence-electron chi connectivity index (χ1n) is 4.92. The largest absolute Gasteiger partial charge is 0.327 e. The quantitative estimate of drug-likeness (QED) is 0.665. The highest BCUT2D eigenvalue weighted by molar-refractivity contribution is 4.88. The summed E-state index contributed by atoms with van der Waals surface area (Å²) in [4.78, 5) is 0. The average Bonchev–Trinajstić information content (AvgIpc) is 2.00. The summed E-state index contributed by atoms with van der Waals surface area (Å²) in [5.74, 6) is 2.51. The summed E-state index contributed by atoms with van der Waals surface area (Å²) < 4.78 is 0. The predicted molar refractivity (Wildman–Crippen MR) is 49.3 cm³/mol. The van der Waals surface area contributed by atoms with Crippen molar-refractivity contribution < 1.29 is 0 Å². The Labute approximate surface area is 70.4 Å². The van der Waals surface area contributed by atoms with Crippen molar-refractivity contribution in [2.24, 2.45) is 23.5 Å². The van der Waals surface area contributed by atoms with Crippen molar-refractivity contribution in [3.05, 3.63) is 0 Å². The average molecular weight is 155 g/mol. The minimum absolute atomic E-state index is 0.513. The van der Waals surface area contributed by atoms with Crippen LogP contribution in [0.2, 0.25) is 0 Å². The lowest BCUT2D eigenvalue weighted by Crippen LogP contribution is -2.44. The molecule has 0 aromatic heterocycles. The van der Waals surface area contributed by atoms with Crippen LogP contribution in [-0.2, 0) is 0 Å². The van der Waals surface area contributed by atoms with Crippen molar-refractivity contribution >= 4 is 0 Å². The van der Waals surface area contributed by atoms with Crippen LogP contribution in [0.1, 0.15) is 40.0 Å². The van der Waals surface area contributed by atoms with Crippen LogP contribution < -0.4 is 5.73 Å². The Morgan fingerprint density at radius 2 is 2.00 bits per heavy atom. The lowest BCUT2D eigenvalue weighted by atomic mass is 9.68. The summed E-state index contributed by atoms with van der Waals surface area (Å²) in [5, 5.41) is 0. The fourth-order valence-electron chi connectivity index (χ4n) is 2.00. The van der Waals surface area contributed by atoms with Gasteiger partial charge in [-0.3, -0.25) is 0 Å². The molecule has 1 aliphatic carbocycles. The van der Waals surface area contributed by atoms with Gasteiger partial charge in [-0.1, -0.05) is 27.2 Å². The summed E-state index contributed by atoms with van der Waals surface area (Å²) in [6.07, 6.45) is 3.92. The molecule has 66 valence electrons. The third kappa shape index (κ3) is 1.76. The monoisotopic (exact) mass is 155 g/mol. The molecule has 2 N–H and O–H groups in total. The molecule has 0 aliphatic heterocycles. The van der Waals surface area contributed by atoms with Gasteiger partial charge in [-0.2, -0.15) is 0 Å². The second kappa shape index (κ2) is 3.57. The standard InChI is InChI=1S/C10H21N/c1-4-7(2)8(3)9-5-6-10(9)11/h7-10H,4-6,11H2,1-3H3. The van der Waals surface area contributed by atoms with Crippen LogP contribution in [0.5, 0.6) is 0 Å². The van der Waals surface area contributed by atoms with Crippen LogP contribution in [0, 0.1) is 17.8 Å². The van der Waals surface area contributed by atoms with E-state index >= 15 is 0 Å². The second-order valence-corrected chi connectivity index (χ2v) is 4.15. The maximum atomic E-state index is 5.92. The summed E-state index contributed by atoms with van der Waals surface area (Å²) in [7, 11) is 0. The number of hydrogen-bond acceptors (Lipinski definition) is 1. The SMILES string of the molecule is CCC(C)C(C)C1CCC1N. The Kier molecular flexibility index (Phi) is 2.94. The van der Waals surface area contributed by atoms with E-state index in [0.29, 0.717) is 6.04 Å². The Balaban J connectivity index is 2.34. The van der Waals surface area contributed by atoms with E-state index in [9.17, 15) is 0 Å². The highest BCUT2D eigenvalue weighted by Gasteiger charge is 2.33. The molecular weight excluding hydrogens is 134 g/mol. The number of hydrogen-bond donors (Lipinski definition) is 1. The van der Waals surface area contributed by atoms with Gasteiger partial charge >= 0.3 is 0 Å². The molecular formula is C10H21N. The molecule has 4 atom stereocenters. The van der Waals surface area contributed by atoms with Gasteiger partial charge < -0.3 is 5.73 Å². The zero-order valence-corrected chi connectivity index (χ0v) is 8.01. The molecule has 11 heavy (non-hydrogen) atoms. The van der Waals surface area contributed by atoms with Gasteiger partial charge in [0.2, 0.25) is 0 Å². The minimum atomic E-state index is 0.513. The Hall–Kier alpha value is -0.0400. The van der Waals surface area contributed by atoms with E-state index < -0.39 is 0 Å². The number of nitrogens with two attached hydrogens (primary N) is 1. The van der Waals surface area contributed by atoms with Crippen molar-refractivity contribution in [1.82, 2.24) is 0 Å². The van der Waals surface area contributed by atoms with Gasteiger partial charge in [-0.15, -0.1) is 0 Å². The first kappa shape index (κ1) is 9.05. The maximum Gasteiger partial charge on any atom is 0.00699 e. The van der Waals surface area contributed by atoms with E-state index in [-0.39, 0.29) is 0 Å². The third-order valence-corrected chi connectivity index (χ3v) is 3.60. The predicted octanol–water partition coefficient (Wildman–Crippen LogP) is 2.41. The molecule has 1 heteroatoms. The van der Waals surface area contributed by atoms with E-state index in [2.05, 4.69) is 20.8 Å². The van der Waals surface area contributed by atoms with Gasteiger partial charge in [-0.25, -0.2) is 0 Å². The van der Waals surface area contributed by atoms with E-state index in [4.69, 9.17) is 5.73 Å². The van der Waals surface area contributed by atoms with Gasteiger partial charge in [0.15, 0.2) is 0 Å². The van der Waals surface area contributed by atoms with Crippen molar-refractivity contribution in [2.75, 3.05) is 0 Å². The molecule has 1 aliphatic rings. The van der Waals surface area contributed by atoms with Crippen LogP contribution in [0.15, 0.2) is 0 Å². The van der Waals surface area contributed by atoms with Crippen LogP contribution in [0.3, 0.4) is 0 Å². The Morgan fingerprint density at radius 3 is 2.27 bits per heavy atom. The molecule has 0 saturated heterocycles. The van der Waals surface area contributed by atoms with E-state index in [1.165, 1.54) is 19.3 Å². The number of rotatable bonds is 3. The first-order valence-corrected chi connectivity index (χ1v) is 4.92. The normalized spacial score (nSPS) is 36.0. The van der Waals surface area contributed by atoms with Crippen molar-refractivity contribution in [3.63, 3.8) is 0 Å². The molecule has 1 rings (SSSR count). The molecule has 0 amide bonds. The maximum absolute atomic E-state index is 5.92. The molecule has 0 spiro atoms. The van der Waals surface area contributed by atoms with Gasteiger partial charge in [0.1, 0.15) is 0 Å². The van der Waals surface area contributed by atoms with Crippen molar-refractivity contribution in [2.45, 2.75) is 46.1 Å². The van der Waals surface area contributed by atoms with Gasteiger partial charge in [0.05, 0.1) is 0 Å². The van der Waals surface area contributed by atoms with Crippen LogP contribution in [0.25, 0.3) is 0 Å². The zero-order chi connectivity index (χ0) is 8.43. The molecule has 0 radical (unpaired) electrons. The van der Waals surface area contributed by atoms with Gasteiger partial charge in [0, 0.05) is 6.04 Å². The fraction of sp³-hybridized carbons (Fsp3) is 1.00. The Morgan fingerprint density at radius 1 is 1.36 bits per heavy atom. The summed E-state index contributed by atoms with van der Waals surface area (Å²) >= 11 is 0. The summed E-state index contributed by atoms with van der Waals surface area (Å²) in [6.45, 7) is 6.97.